The Balaban J connectivity index is 1.53. The minimum Gasteiger partial charge on any atom is -0.337 e. The van der Waals surface area contributed by atoms with Gasteiger partial charge in [-0.3, -0.25) is 9.69 Å². The standard InChI is InChI=1S/C20H33N3O/c21-16-20(12-6-1-2-7-13-20)22-19(24)15-23(18-10-11-18)14-17-8-4-3-5-9-17/h17-18H,1-15H2,(H,22,24). The minimum atomic E-state index is -0.604. The summed E-state index contributed by atoms with van der Waals surface area (Å²) in [6.07, 6.45) is 15.4. The van der Waals surface area contributed by atoms with Gasteiger partial charge in [0.15, 0.2) is 0 Å². The highest BCUT2D eigenvalue weighted by molar-refractivity contribution is 5.79. The largest absolute Gasteiger partial charge is 0.337 e. The van der Waals surface area contributed by atoms with Crippen molar-refractivity contribution in [2.24, 2.45) is 5.92 Å². The molecule has 0 heterocycles. The number of rotatable bonds is 6. The molecule has 0 aromatic heterocycles. The quantitative estimate of drug-likeness (QED) is 0.754. The summed E-state index contributed by atoms with van der Waals surface area (Å²) in [5.74, 6) is 0.844. The summed E-state index contributed by atoms with van der Waals surface area (Å²) in [5.41, 5.74) is -0.604. The lowest BCUT2D eigenvalue weighted by molar-refractivity contribution is -0.124. The molecular formula is C20H33N3O. The van der Waals surface area contributed by atoms with Crippen molar-refractivity contribution >= 4 is 5.91 Å². The maximum atomic E-state index is 12.7. The molecule has 0 aromatic rings. The van der Waals surface area contributed by atoms with E-state index in [4.69, 9.17) is 0 Å². The molecular weight excluding hydrogens is 298 g/mol. The highest BCUT2D eigenvalue weighted by atomic mass is 16.2. The second kappa shape index (κ2) is 8.34. The third-order valence-corrected chi connectivity index (χ3v) is 6.18. The molecule has 0 saturated heterocycles. The van der Waals surface area contributed by atoms with E-state index in [0.717, 1.165) is 38.1 Å². The van der Waals surface area contributed by atoms with E-state index in [9.17, 15) is 10.1 Å². The number of nitrogens with one attached hydrogen (secondary N) is 1. The molecule has 0 radical (unpaired) electrons. The Morgan fingerprint density at radius 3 is 2.21 bits per heavy atom. The molecule has 0 aliphatic heterocycles. The normalized spacial score (nSPS) is 25.0. The number of nitriles is 1. The summed E-state index contributed by atoms with van der Waals surface area (Å²) >= 11 is 0. The first-order valence-electron chi connectivity index (χ1n) is 10.2. The molecule has 4 heteroatoms. The predicted molar refractivity (Wildman–Crippen MR) is 95.4 cm³/mol. The lowest BCUT2D eigenvalue weighted by atomic mass is 9.89. The Morgan fingerprint density at radius 1 is 1.00 bits per heavy atom. The fraction of sp³-hybridized carbons (Fsp3) is 0.900. The van der Waals surface area contributed by atoms with Crippen molar-refractivity contribution in [3.8, 4) is 6.07 Å². The first kappa shape index (κ1) is 17.7. The molecule has 24 heavy (non-hydrogen) atoms. The molecule has 4 nitrogen and oxygen atoms in total. The van der Waals surface area contributed by atoms with Gasteiger partial charge in [0.05, 0.1) is 12.6 Å². The van der Waals surface area contributed by atoms with Gasteiger partial charge in [0.2, 0.25) is 5.91 Å². The summed E-state index contributed by atoms with van der Waals surface area (Å²) in [7, 11) is 0. The second-order valence-corrected chi connectivity index (χ2v) is 8.32. The van der Waals surface area contributed by atoms with E-state index in [0.29, 0.717) is 12.6 Å². The fourth-order valence-corrected chi connectivity index (χ4v) is 4.57. The SMILES string of the molecule is N#CC1(NC(=O)CN(CC2CCCCC2)C2CC2)CCCCCC1. The summed E-state index contributed by atoms with van der Waals surface area (Å²) in [5, 5.41) is 12.8. The lowest BCUT2D eigenvalue weighted by Crippen LogP contribution is -2.51. The average Bonchev–Trinajstić information content (AvgIpc) is 3.43. The molecule has 3 aliphatic carbocycles. The van der Waals surface area contributed by atoms with Crippen LogP contribution in [-0.2, 0) is 4.79 Å². The molecule has 0 bridgehead atoms. The van der Waals surface area contributed by atoms with E-state index in [1.807, 2.05) is 0 Å². The van der Waals surface area contributed by atoms with Crippen LogP contribution in [0.15, 0.2) is 0 Å². The van der Waals surface area contributed by atoms with E-state index in [-0.39, 0.29) is 5.91 Å². The summed E-state index contributed by atoms with van der Waals surface area (Å²) in [4.78, 5) is 15.1. The van der Waals surface area contributed by atoms with Crippen LogP contribution in [0.5, 0.6) is 0 Å². The Bertz CT molecular complexity index is 452. The maximum Gasteiger partial charge on any atom is 0.235 e. The fourth-order valence-electron chi connectivity index (χ4n) is 4.57. The van der Waals surface area contributed by atoms with Gasteiger partial charge in [-0.1, -0.05) is 44.9 Å². The van der Waals surface area contributed by atoms with E-state index < -0.39 is 5.54 Å². The average molecular weight is 332 g/mol. The van der Waals surface area contributed by atoms with Crippen molar-refractivity contribution in [1.82, 2.24) is 10.2 Å². The maximum absolute atomic E-state index is 12.7. The van der Waals surface area contributed by atoms with Gasteiger partial charge in [0.1, 0.15) is 5.54 Å². The second-order valence-electron chi connectivity index (χ2n) is 8.32. The zero-order chi connectivity index (χ0) is 16.8. The van der Waals surface area contributed by atoms with Crippen LogP contribution >= 0.6 is 0 Å². The molecule has 0 spiro atoms. The zero-order valence-electron chi connectivity index (χ0n) is 15.1. The number of carbonyl (C=O) groups excluding carboxylic acids is 1. The van der Waals surface area contributed by atoms with Crippen LogP contribution in [0.1, 0.15) is 83.5 Å². The topological polar surface area (TPSA) is 56.1 Å². The van der Waals surface area contributed by atoms with Gasteiger partial charge in [-0.2, -0.15) is 5.26 Å². The van der Waals surface area contributed by atoms with Crippen molar-refractivity contribution in [2.75, 3.05) is 13.1 Å². The van der Waals surface area contributed by atoms with Gasteiger partial charge in [0, 0.05) is 12.6 Å². The van der Waals surface area contributed by atoms with Crippen LogP contribution in [0.3, 0.4) is 0 Å². The van der Waals surface area contributed by atoms with Crippen molar-refractivity contribution in [3.05, 3.63) is 0 Å². The predicted octanol–water partition coefficient (Wildman–Crippen LogP) is 3.76. The number of carbonyl (C=O) groups is 1. The Hall–Kier alpha value is -1.08. The van der Waals surface area contributed by atoms with Crippen LogP contribution < -0.4 is 5.32 Å². The number of amides is 1. The number of nitrogens with zero attached hydrogens (tertiary/aromatic N) is 2. The molecule has 0 aromatic carbocycles. The third-order valence-electron chi connectivity index (χ3n) is 6.18. The Morgan fingerprint density at radius 2 is 1.62 bits per heavy atom. The Kier molecular flexibility index (Phi) is 6.16. The van der Waals surface area contributed by atoms with E-state index in [1.54, 1.807) is 0 Å². The van der Waals surface area contributed by atoms with Crippen LogP contribution in [0.2, 0.25) is 0 Å². The molecule has 134 valence electrons. The van der Waals surface area contributed by atoms with Gasteiger partial charge in [-0.15, -0.1) is 0 Å². The van der Waals surface area contributed by atoms with Crippen LogP contribution in [0.25, 0.3) is 0 Å². The molecule has 3 fully saturated rings. The molecule has 3 rings (SSSR count). The van der Waals surface area contributed by atoms with Gasteiger partial charge in [0.25, 0.3) is 0 Å². The third kappa shape index (κ3) is 4.96. The van der Waals surface area contributed by atoms with Crippen LogP contribution in [-0.4, -0.2) is 35.5 Å². The highest BCUT2D eigenvalue weighted by Crippen LogP contribution is 2.31. The molecule has 0 atom stereocenters. The van der Waals surface area contributed by atoms with E-state index in [1.165, 1.54) is 57.8 Å². The van der Waals surface area contributed by atoms with E-state index in [2.05, 4.69) is 16.3 Å². The van der Waals surface area contributed by atoms with Crippen molar-refractivity contribution < 1.29 is 4.79 Å². The summed E-state index contributed by atoms with van der Waals surface area (Å²) in [6.45, 7) is 1.57. The number of hydrogen-bond acceptors (Lipinski definition) is 3. The minimum absolute atomic E-state index is 0.0705. The van der Waals surface area contributed by atoms with E-state index >= 15 is 0 Å². The smallest absolute Gasteiger partial charge is 0.235 e. The van der Waals surface area contributed by atoms with Crippen molar-refractivity contribution in [2.45, 2.75) is 95.1 Å². The van der Waals surface area contributed by atoms with Crippen LogP contribution in [0, 0.1) is 17.2 Å². The number of hydrogen-bond donors (Lipinski definition) is 1. The van der Waals surface area contributed by atoms with Crippen molar-refractivity contribution in [1.29, 1.82) is 5.26 Å². The van der Waals surface area contributed by atoms with Crippen LogP contribution in [0.4, 0.5) is 0 Å². The molecule has 0 unspecified atom stereocenters. The molecule has 1 amide bonds. The highest BCUT2D eigenvalue weighted by Gasteiger charge is 2.36. The first-order chi connectivity index (χ1) is 11.7. The first-order valence-corrected chi connectivity index (χ1v) is 10.2. The monoisotopic (exact) mass is 331 g/mol. The van der Waals surface area contributed by atoms with Gasteiger partial charge < -0.3 is 5.32 Å². The summed E-state index contributed by atoms with van der Waals surface area (Å²) in [6, 6.07) is 3.05. The Labute approximate surface area is 147 Å². The van der Waals surface area contributed by atoms with Gasteiger partial charge in [-0.25, -0.2) is 0 Å². The zero-order valence-corrected chi connectivity index (χ0v) is 15.1. The summed E-state index contributed by atoms with van der Waals surface area (Å²) < 4.78 is 0. The van der Waals surface area contributed by atoms with Gasteiger partial charge >= 0.3 is 0 Å². The van der Waals surface area contributed by atoms with Gasteiger partial charge in [-0.05, 0) is 44.4 Å². The van der Waals surface area contributed by atoms with Crippen molar-refractivity contribution in [3.63, 3.8) is 0 Å². The molecule has 3 saturated carbocycles. The molecule has 1 N–H and O–H groups in total. The molecule has 3 aliphatic rings. The lowest BCUT2D eigenvalue weighted by Gasteiger charge is -2.31.